The molecule has 0 aliphatic heterocycles. The largest absolute Gasteiger partial charge is 0.495 e. The zero-order valence-corrected chi connectivity index (χ0v) is 6.76. The second-order valence-electron chi connectivity index (χ2n) is 1.88. The third-order valence-electron chi connectivity index (χ3n) is 1.25. The topological polar surface area (TPSA) is 53.2 Å². The Kier molecular flexibility index (Phi) is 2.47. The van der Waals surface area contributed by atoms with Crippen LogP contribution in [-0.2, 0) is 0 Å². The summed E-state index contributed by atoms with van der Waals surface area (Å²) in [6.07, 6.45) is -1.06. The van der Waals surface area contributed by atoms with Gasteiger partial charge in [0.05, 0.1) is 18.1 Å². The SMILES string of the molecule is COc1ccsc1C(O)C#N. The molecule has 0 saturated heterocycles. The van der Waals surface area contributed by atoms with Crippen LogP contribution in [-0.4, -0.2) is 12.2 Å². The first-order valence-electron chi connectivity index (χ1n) is 2.98. The quantitative estimate of drug-likeness (QED) is 0.679. The molecule has 3 nitrogen and oxygen atoms in total. The Labute approximate surface area is 68.5 Å². The van der Waals surface area contributed by atoms with E-state index < -0.39 is 6.10 Å². The van der Waals surface area contributed by atoms with Crippen molar-refractivity contribution in [3.63, 3.8) is 0 Å². The Morgan fingerprint density at radius 3 is 3.09 bits per heavy atom. The van der Waals surface area contributed by atoms with E-state index in [4.69, 9.17) is 15.1 Å². The summed E-state index contributed by atoms with van der Waals surface area (Å²) < 4.78 is 4.91. The number of thiophene rings is 1. The molecule has 1 atom stereocenters. The van der Waals surface area contributed by atoms with Gasteiger partial charge in [-0.2, -0.15) is 5.26 Å². The van der Waals surface area contributed by atoms with Gasteiger partial charge >= 0.3 is 0 Å². The Bertz CT molecular complexity index is 276. The van der Waals surface area contributed by atoms with Crippen LogP contribution in [0, 0.1) is 11.3 Å². The molecule has 0 radical (unpaired) electrons. The van der Waals surface area contributed by atoms with Crippen molar-refractivity contribution in [1.29, 1.82) is 5.26 Å². The maximum absolute atomic E-state index is 9.10. The summed E-state index contributed by atoms with van der Waals surface area (Å²) in [6, 6.07) is 3.45. The first kappa shape index (κ1) is 8.05. The van der Waals surface area contributed by atoms with Crippen molar-refractivity contribution in [3.05, 3.63) is 16.3 Å². The number of nitrogens with zero attached hydrogens (tertiary/aromatic N) is 1. The van der Waals surface area contributed by atoms with Crippen molar-refractivity contribution in [2.24, 2.45) is 0 Å². The van der Waals surface area contributed by atoms with Gasteiger partial charge in [-0.3, -0.25) is 0 Å². The lowest BCUT2D eigenvalue weighted by atomic mass is 10.3. The Morgan fingerprint density at radius 2 is 2.55 bits per heavy atom. The molecular formula is C7H7NO2S. The summed E-state index contributed by atoms with van der Waals surface area (Å²) >= 11 is 1.31. The summed E-state index contributed by atoms with van der Waals surface area (Å²) in [5.41, 5.74) is 0. The van der Waals surface area contributed by atoms with Gasteiger partial charge in [0.2, 0.25) is 0 Å². The lowest BCUT2D eigenvalue weighted by molar-refractivity contribution is 0.234. The molecule has 0 bridgehead atoms. The Balaban J connectivity index is 2.94. The predicted octanol–water partition coefficient (Wildman–Crippen LogP) is 1.31. The molecule has 4 heteroatoms. The zero-order chi connectivity index (χ0) is 8.27. The highest BCUT2D eigenvalue weighted by molar-refractivity contribution is 7.10. The first-order valence-corrected chi connectivity index (χ1v) is 3.86. The van der Waals surface area contributed by atoms with Crippen molar-refractivity contribution in [3.8, 4) is 11.8 Å². The van der Waals surface area contributed by atoms with Gasteiger partial charge in [0, 0.05) is 0 Å². The van der Waals surface area contributed by atoms with Gasteiger partial charge in [-0.05, 0) is 11.4 Å². The molecule has 1 heterocycles. The van der Waals surface area contributed by atoms with Crippen molar-refractivity contribution < 1.29 is 9.84 Å². The second-order valence-corrected chi connectivity index (χ2v) is 2.83. The molecule has 0 aromatic carbocycles. The van der Waals surface area contributed by atoms with Crippen molar-refractivity contribution in [2.45, 2.75) is 6.10 Å². The molecular weight excluding hydrogens is 162 g/mol. The molecule has 1 unspecified atom stereocenters. The van der Waals surface area contributed by atoms with E-state index in [1.807, 2.05) is 0 Å². The number of aliphatic hydroxyl groups is 1. The van der Waals surface area contributed by atoms with Crippen LogP contribution >= 0.6 is 11.3 Å². The van der Waals surface area contributed by atoms with Gasteiger partial charge in [-0.15, -0.1) is 11.3 Å². The summed E-state index contributed by atoms with van der Waals surface area (Å²) in [5, 5.41) is 19.2. The van der Waals surface area contributed by atoms with Crippen LogP contribution in [0.1, 0.15) is 11.0 Å². The first-order chi connectivity index (χ1) is 5.29. The van der Waals surface area contributed by atoms with Crippen molar-refractivity contribution in [1.82, 2.24) is 0 Å². The van der Waals surface area contributed by atoms with Crippen LogP contribution in [0.4, 0.5) is 0 Å². The minimum Gasteiger partial charge on any atom is -0.495 e. The lowest BCUT2D eigenvalue weighted by Crippen LogP contribution is -1.92. The van der Waals surface area contributed by atoms with Crippen LogP contribution in [0.2, 0.25) is 0 Å². The third kappa shape index (κ3) is 1.50. The van der Waals surface area contributed by atoms with Gasteiger partial charge in [0.1, 0.15) is 5.75 Å². The number of rotatable bonds is 2. The fourth-order valence-electron chi connectivity index (χ4n) is 0.736. The molecule has 58 valence electrons. The lowest BCUT2D eigenvalue weighted by Gasteiger charge is -2.01. The third-order valence-corrected chi connectivity index (χ3v) is 2.20. The van der Waals surface area contributed by atoms with Gasteiger partial charge in [0.25, 0.3) is 0 Å². The predicted molar refractivity (Wildman–Crippen MR) is 41.4 cm³/mol. The molecule has 0 amide bonds. The summed E-state index contributed by atoms with van der Waals surface area (Å²) in [7, 11) is 1.51. The number of ether oxygens (including phenoxy) is 1. The standard InChI is InChI=1S/C7H7NO2S/c1-10-6-2-3-11-7(6)5(9)4-8/h2-3,5,9H,1H3. The highest BCUT2D eigenvalue weighted by Crippen LogP contribution is 2.29. The normalized spacial score (nSPS) is 12.1. The minimum absolute atomic E-state index is 0.565. The van der Waals surface area contributed by atoms with Crippen molar-refractivity contribution in [2.75, 3.05) is 7.11 Å². The van der Waals surface area contributed by atoms with E-state index in [0.29, 0.717) is 10.6 Å². The number of hydrogen-bond donors (Lipinski definition) is 1. The Hall–Kier alpha value is -1.05. The summed E-state index contributed by atoms with van der Waals surface area (Å²) in [4.78, 5) is 0.565. The molecule has 0 fully saturated rings. The van der Waals surface area contributed by atoms with Gasteiger partial charge in [-0.1, -0.05) is 0 Å². The van der Waals surface area contributed by atoms with Crippen molar-refractivity contribution >= 4 is 11.3 Å². The van der Waals surface area contributed by atoms with E-state index in [-0.39, 0.29) is 0 Å². The van der Waals surface area contributed by atoms with Crippen LogP contribution in [0.25, 0.3) is 0 Å². The van der Waals surface area contributed by atoms with E-state index in [1.165, 1.54) is 18.4 Å². The molecule has 0 aliphatic rings. The van der Waals surface area contributed by atoms with E-state index in [9.17, 15) is 0 Å². The zero-order valence-electron chi connectivity index (χ0n) is 5.94. The molecule has 0 spiro atoms. The second kappa shape index (κ2) is 3.37. The van der Waals surface area contributed by atoms with Crippen LogP contribution in [0.5, 0.6) is 5.75 Å². The molecule has 1 aromatic heterocycles. The van der Waals surface area contributed by atoms with Gasteiger partial charge in [-0.25, -0.2) is 0 Å². The smallest absolute Gasteiger partial charge is 0.178 e. The highest BCUT2D eigenvalue weighted by atomic mass is 32.1. The number of hydrogen-bond acceptors (Lipinski definition) is 4. The van der Waals surface area contributed by atoms with E-state index in [0.717, 1.165) is 0 Å². The number of nitriles is 1. The molecule has 0 saturated carbocycles. The summed E-state index contributed by atoms with van der Waals surface area (Å²) in [5.74, 6) is 0.573. The Morgan fingerprint density at radius 1 is 1.82 bits per heavy atom. The fourth-order valence-corrected chi connectivity index (χ4v) is 1.52. The van der Waals surface area contributed by atoms with Gasteiger partial charge < -0.3 is 9.84 Å². The average molecular weight is 169 g/mol. The molecule has 0 aliphatic carbocycles. The number of methoxy groups -OCH3 is 1. The van der Waals surface area contributed by atoms with E-state index in [1.54, 1.807) is 17.5 Å². The molecule has 1 rings (SSSR count). The monoisotopic (exact) mass is 169 g/mol. The van der Waals surface area contributed by atoms with E-state index >= 15 is 0 Å². The van der Waals surface area contributed by atoms with E-state index in [2.05, 4.69) is 0 Å². The molecule has 1 aromatic rings. The average Bonchev–Trinajstić information content (AvgIpc) is 2.50. The van der Waals surface area contributed by atoms with Crippen LogP contribution in [0.3, 0.4) is 0 Å². The minimum atomic E-state index is -1.06. The maximum Gasteiger partial charge on any atom is 0.178 e. The number of aliphatic hydroxyl groups excluding tert-OH is 1. The van der Waals surface area contributed by atoms with Crippen LogP contribution < -0.4 is 4.74 Å². The molecule has 1 N–H and O–H groups in total. The van der Waals surface area contributed by atoms with Crippen LogP contribution in [0.15, 0.2) is 11.4 Å². The summed E-state index contributed by atoms with van der Waals surface area (Å²) in [6.45, 7) is 0. The van der Waals surface area contributed by atoms with Gasteiger partial charge in [0.15, 0.2) is 6.10 Å². The highest BCUT2D eigenvalue weighted by Gasteiger charge is 2.12. The fraction of sp³-hybridized carbons (Fsp3) is 0.286. The maximum atomic E-state index is 9.10. The molecule has 11 heavy (non-hydrogen) atoms.